The van der Waals surface area contributed by atoms with Crippen molar-refractivity contribution in [2.45, 2.75) is 65.3 Å². The molecule has 2 amide bonds. The maximum atomic E-state index is 11.9. The Morgan fingerprint density at radius 2 is 1.85 bits per heavy atom. The summed E-state index contributed by atoms with van der Waals surface area (Å²) in [5.74, 6) is -0.742. The number of nitrogens with one attached hydrogen (secondary N) is 2. The van der Waals surface area contributed by atoms with Crippen LogP contribution >= 0.6 is 0 Å². The van der Waals surface area contributed by atoms with E-state index in [0.29, 0.717) is 13.0 Å². The molecule has 0 radical (unpaired) electrons. The van der Waals surface area contributed by atoms with E-state index in [2.05, 4.69) is 17.6 Å². The molecule has 5 nitrogen and oxygen atoms in total. The van der Waals surface area contributed by atoms with E-state index in [-0.39, 0.29) is 17.4 Å². The van der Waals surface area contributed by atoms with Gasteiger partial charge in [-0.05, 0) is 37.0 Å². The lowest BCUT2D eigenvalue weighted by molar-refractivity contribution is -0.139. The zero-order valence-electron chi connectivity index (χ0n) is 12.9. The van der Waals surface area contributed by atoms with Gasteiger partial charge in [-0.1, -0.05) is 33.6 Å². The summed E-state index contributed by atoms with van der Waals surface area (Å²) in [5, 5.41) is 14.5. The average molecular weight is 284 g/mol. The molecule has 0 aromatic rings. The molecule has 0 aliphatic heterocycles. The second-order valence-electron chi connectivity index (χ2n) is 6.41. The molecule has 5 heteroatoms. The lowest BCUT2D eigenvalue weighted by Crippen LogP contribution is -2.48. The second kappa shape index (κ2) is 7.50. The first-order chi connectivity index (χ1) is 9.38. The molecule has 0 bridgehead atoms. The molecule has 1 rings (SSSR count). The Hall–Kier alpha value is -1.26. The number of hydrogen-bond acceptors (Lipinski definition) is 2. The summed E-state index contributed by atoms with van der Waals surface area (Å²) in [6, 6.07) is -1.17. The molecule has 0 spiro atoms. The van der Waals surface area contributed by atoms with E-state index in [0.717, 1.165) is 19.3 Å². The molecule has 0 saturated heterocycles. The Balaban J connectivity index is 2.43. The first kappa shape index (κ1) is 16.8. The van der Waals surface area contributed by atoms with Crippen LogP contribution in [-0.2, 0) is 4.79 Å². The van der Waals surface area contributed by atoms with E-state index in [4.69, 9.17) is 5.11 Å². The Morgan fingerprint density at radius 3 is 2.30 bits per heavy atom. The highest BCUT2D eigenvalue weighted by atomic mass is 16.4. The topological polar surface area (TPSA) is 78.4 Å². The maximum absolute atomic E-state index is 11.9. The van der Waals surface area contributed by atoms with Gasteiger partial charge < -0.3 is 15.7 Å². The minimum absolute atomic E-state index is 0.216. The Kier molecular flexibility index (Phi) is 6.30. The fourth-order valence-corrected chi connectivity index (χ4v) is 2.95. The molecule has 0 aromatic carbocycles. The highest BCUT2D eigenvalue weighted by molar-refractivity contribution is 5.82. The number of carboxylic acids is 1. The molecule has 0 unspecified atom stereocenters. The minimum atomic E-state index is -0.972. The van der Waals surface area contributed by atoms with E-state index in [1.54, 1.807) is 0 Å². The van der Waals surface area contributed by atoms with Crippen LogP contribution in [-0.4, -0.2) is 29.7 Å². The molecule has 3 N–H and O–H groups in total. The van der Waals surface area contributed by atoms with Crippen molar-refractivity contribution in [3.05, 3.63) is 0 Å². The summed E-state index contributed by atoms with van der Waals surface area (Å²) >= 11 is 0. The standard InChI is InChI=1S/C15H28N2O3/c1-4-15(7-5-6-8-15)10-16-14(20)17-12(13(18)19)9-11(2)3/h11-12H,4-10H2,1-3H3,(H,18,19)(H2,16,17,20)/t12-/m0/s1. The van der Waals surface area contributed by atoms with Gasteiger partial charge in [-0.3, -0.25) is 0 Å². The Morgan fingerprint density at radius 1 is 1.25 bits per heavy atom. The van der Waals surface area contributed by atoms with Gasteiger partial charge >= 0.3 is 12.0 Å². The van der Waals surface area contributed by atoms with Gasteiger partial charge in [-0.25, -0.2) is 9.59 Å². The zero-order valence-corrected chi connectivity index (χ0v) is 12.9. The molecule has 116 valence electrons. The molecular weight excluding hydrogens is 256 g/mol. The fraction of sp³-hybridized carbons (Fsp3) is 0.867. The minimum Gasteiger partial charge on any atom is -0.480 e. The van der Waals surface area contributed by atoms with Gasteiger partial charge in [0, 0.05) is 6.54 Å². The Labute approximate surface area is 121 Å². The van der Waals surface area contributed by atoms with Crippen molar-refractivity contribution >= 4 is 12.0 Å². The zero-order chi connectivity index (χ0) is 15.2. The van der Waals surface area contributed by atoms with Crippen molar-refractivity contribution in [2.24, 2.45) is 11.3 Å². The lowest BCUT2D eigenvalue weighted by Gasteiger charge is -2.28. The highest BCUT2D eigenvalue weighted by Crippen LogP contribution is 2.40. The molecule has 1 atom stereocenters. The van der Waals surface area contributed by atoms with Crippen molar-refractivity contribution in [1.82, 2.24) is 10.6 Å². The van der Waals surface area contributed by atoms with Crippen LogP contribution < -0.4 is 10.6 Å². The smallest absolute Gasteiger partial charge is 0.326 e. The van der Waals surface area contributed by atoms with Crippen LogP contribution in [0.3, 0.4) is 0 Å². The first-order valence-corrected chi connectivity index (χ1v) is 7.66. The molecule has 1 fully saturated rings. The van der Waals surface area contributed by atoms with E-state index in [9.17, 15) is 9.59 Å². The average Bonchev–Trinajstić information content (AvgIpc) is 2.84. The number of hydrogen-bond donors (Lipinski definition) is 3. The number of amides is 2. The summed E-state index contributed by atoms with van der Waals surface area (Å²) < 4.78 is 0. The van der Waals surface area contributed by atoms with Crippen LogP contribution in [0.15, 0.2) is 0 Å². The number of urea groups is 1. The summed E-state index contributed by atoms with van der Waals surface area (Å²) in [7, 11) is 0. The Bertz CT molecular complexity index is 336. The highest BCUT2D eigenvalue weighted by Gasteiger charge is 2.32. The first-order valence-electron chi connectivity index (χ1n) is 7.66. The summed E-state index contributed by atoms with van der Waals surface area (Å²) in [6.45, 7) is 6.69. The number of carboxylic acid groups (broad SMARTS) is 1. The third kappa shape index (κ3) is 5.02. The van der Waals surface area contributed by atoms with E-state index >= 15 is 0 Å². The second-order valence-corrected chi connectivity index (χ2v) is 6.41. The maximum Gasteiger partial charge on any atom is 0.326 e. The van der Waals surface area contributed by atoms with Crippen LogP contribution in [0.5, 0.6) is 0 Å². The van der Waals surface area contributed by atoms with Gasteiger partial charge in [0.15, 0.2) is 0 Å². The number of carbonyl (C=O) groups excluding carboxylic acids is 1. The third-order valence-corrected chi connectivity index (χ3v) is 4.35. The number of carbonyl (C=O) groups is 2. The van der Waals surface area contributed by atoms with Gasteiger partial charge in [-0.2, -0.15) is 0 Å². The van der Waals surface area contributed by atoms with Crippen molar-refractivity contribution in [3.63, 3.8) is 0 Å². The van der Waals surface area contributed by atoms with E-state index in [1.165, 1.54) is 12.8 Å². The quantitative estimate of drug-likeness (QED) is 0.672. The summed E-state index contributed by atoms with van der Waals surface area (Å²) in [4.78, 5) is 23.0. The fourth-order valence-electron chi connectivity index (χ4n) is 2.95. The lowest BCUT2D eigenvalue weighted by atomic mass is 9.83. The molecule has 20 heavy (non-hydrogen) atoms. The van der Waals surface area contributed by atoms with Gasteiger partial charge in [0.05, 0.1) is 0 Å². The molecule has 1 aliphatic carbocycles. The van der Waals surface area contributed by atoms with Gasteiger partial charge in [0.1, 0.15) is 6.04 Å². The van der Waals surface area contributed by atoms with Crippen LogP contribution in [0.1, 0.15) is 59.3 Å². The summed E-state index contributed by atoms with van der Waals surface area (Å²) in [5.41, 5.74) is 0.216. The SMILES string of the molecule is CCC1(CNC(=O)N[C@@H](CC(C)C)C(=O)O)CCCC1. The molecule has 1 saturated carbocycles. The predicted molar refractivity (Wildman–Crippen MR) is 78.6 cm³/mol. The van der Waals surface area contributed by atoms with Crippen molar-refractivity contribution < 1.29 is 14.7 Å². The van der Waals surface area contributed by atoms with Crippen LogP contribution in [0.25, 0.3) is 0 Å². The largest absolute Gasteiger partial charge is 0.480 e. The summed E-state index contributed by atoms with van der Waals surface area (Å²) in [6.07, 6.45) is 6.25. The van der Waals surface area contributed by atoms with Crippen molar-refractivity contribution in [1.29, 1.82) is 0 Å². The predicted octanol–water partition coefficient (Wildman–Crippen LogP) is 2.76. The van der Waals surface area contributed by atoms with Crippen LogP contribution in [0.4, 0.5) is 4.79 Å². The van der Waals surface area contributed by atoms with Crippen molar-refractivity contribution in [2.75, 3.05) is 6.54 Å². The molecule has 0 aromatic heterocycles. The van der Waals surface area contributed by atoms with Crippen LogP contribution in [0, 0.1) is 11.3 Å². The molecule has 0 heterocycles. The molecule has 1 aliphatic rings. The number of rotatable bonds is 7. The normalized spacial score (nSPS) is 18.8. The van der Waals surface area contributed by atoms with Crippen molar-refractivity contribution in [3.8, 4) is 0 Å². The van der Waals surface area contributed by atoms with E-state index < -0.39 is 12.0 Å². The van der Waals surface area contributed by atoms with Crippen LogP contribution in [0.2, 0.25) is 0 Å². The van der Waals surface area contributed by atoms with Gasteiger partial charge in [0.25, 0.3) is 0 Å². The van der Waals surface area contributed by atoms with Gasteiger partial charge in [0.2, 0.25) is 0 Å². The third-order valence-electron chi connectivity index (χ3n) is 4.35. The number of aliphatic carboxylic acids is 1. The van der Waals surface area contributed by atoms with Gasteiger partial charge in [-0.15, -0.1) is 0 Å². The van der Waals surface area contributed by atoms with E-state index in [1.807, 2.05) is 13.8 Å². The molecular formula is C15H28N2O3. The monoisotopic (exact) mass is 284 g/mol.